The number of rotatable bonds is 4. The number of imidazole rings is 1. The van der Waals surface area contributed by atoms with E-state index in [1.54, 1.807) is 24.3 Å². The molecule has 0 radical (unpaired) electrons. The van der Waals surface area contributed by atoms with Crippen LogP contribution in [-0.2, 0) is 16.1 Å². The number of hydrogen-bond acceptors (Lipinski definition) is 3. The Kier molecular flexibility index (Phi) is 4.17. The van der Waals surface area contributed by atoms with E-state index in [1.807, 2.05) is 0 Å². The molecule has 7 nitrogen and oxygen atoms in total. The molecule has 3 N–H and O–H groups in total. The SMILES string of the molecule is CC1CCC(NC(=O)Cn2c(=O)[nH]c3ccccc32)(C(=O)O)CC1. The van der Waals surface area contributed by atoms with Gasteiger partial charge in [0.05, 0.1) is 11.0 Å². The molecule has 0 unspecified atom stereocenters. The number of para-hydroxylation sites is 2. The lowest BCUT2D eigenvalue weighted by Gasteiger charge is -2.36. The van der Waals surface area contributed by atoms with Gasteiger partial charge in [-0.15, -0.1) is 0 Å². The summed E-state index contributed by atoms with van der Waals surface area (Å²) < 4.78 is 1.33. The number of hydrogen-bond donors (Lipinski definition) is 3. The third-order valence-corrected chi connectivity index (χ3v) is 4.90. The molecule has 0 saturated heterocycles. The highest BCUT2D eigenvalue weighted by molar-refractivity contribution is 5.88. The molecule has 0 bridgehead atoms. The van der Waals surface area contributed by atoms with Crippen molar-refractivity contribution in [1.29, 1.82) is 0 Å². The molecule has 0 aliphatic heterocycles. The molecule has 3 rings (SSSR count). The molecule has 1 heterocycles. The molecule has 7 heteroatoms. The van der Waals surface area contributed by atoms with Gasteiger partial charge in [-0.25, -0.2) is 9.59 Å². The minimum Gasteiger partial charge on any atom is -0.480 e. The zero-order valence-electron chi connectivity index (χ0n) is 13.5. The van der Waals surface area contributed by atoms with Crippen LogP contribution in [0.1, 0.15) is 32.6 Å². The summed E-state index contributed by atoms with van der Waals surface area (Å²) in [5.74, 6) is -1.00. The van der Waals surface area contributed by atoms with Crippen molar-refractivity contribution in [2.75, 3.05) is 0 Å². The summed E-state index contributed by atoms with van der Waals surface area (Å²) in [6, 6.07) is 7.08. The van der Waals surface area contributed by atoms with Gasteiger partial charge in [-0.3, -0.25) is 9.36 Å². The fourth-order valence-corrected chi connectivity index (χ4v) is 3.36. The number of carbonyl (C=O) groups excluding carboxylic acids is 1. The van der Waals surface area contributed by atoms with Crippen molar-refractivity contribution in [3.63, 3.8) is 0 Å². The quantitative estimate of drug-likeness (QED) is 0.789. The van der Waals surface area contributed by atoms with Crippen molar-refractivity contribution in [3.05, 3.63) is 34.7 Å². The molecule has 1 aromatic heterocycles. The van der Waals surface area contributed by atoms with Crippen molar-refractivity contribution < 1.29 is 14.7 Å². The van der Waals surface area contributed by atoms with Crippen LogP contribution in [0.4, 0.5) is 0 Å². The first-order valence-electron chi connectivity index (χ1n) is 8.13. The average Bonchev–Trinajstić information content (AvgIpc) is 2.85. The summed E-state index contributed by atoms with van der Waals surface area (Å²) in [7, 11) is 0. The van der Waals surface area contributed by atoms with Crippen LogP contribution in [0.25, 0.3) is 11.0 Å². The summed E-state index contributed by atoms with van der Waals surface area (Å²) in [6.45, 7) is 1.88. The minimum atomic E-state index is -1.22. The topological polar surface area (TPSA) is 104 Å². The van der Waals surface area contributed by atoms with Gasteiger partial charge in [-0.2, -0.15) is 0 Å². The molecule has 1 aliphatic carbocycles. The molecule has 1 fully saturated rings. The Bertz CT molecular complexity index is 828. The van der Waals surface area contributed by atoms with Crippen LogP contribution in [0.5, 0.6) is 0 Å². The maximum Gasteiger partial charge on any atom is 0.329 e. The molecular formula is C17H21N3O4. The number of aliphatic carboxylic acids is 1. The lowest BCUT2D eigenvalue weighted by atomic mass is 9.77. The fourth-order valence-electron chi connectivity index (χ4n) is 3.36. The molecule has 24 heavy (non-hydrogen) atoms. The van der Waals surface area contributed by atoms with Crippen LogP contribution in [0.3, 0.4) is 0 Å². The smallest absolute Gasteiger partial charge is 0.329 e. The Hall–Kier alpha value is -2.57. The lowest BCUT2D eigenvalue weighted by Crippen LogP contribution is -2.57. The molecule has 0 spiro atoms. The number of carboxylic acid groups (broad SMARTS) is 1. The molecule has 1 aliphatic rings. The summed E-state index contributed by atoms with van der Waals surface area (Å²) >= 11 is 0. The number of fused-ring (bicyclic) bond motifs is 1. The second kappa shape index (κ2) is 6.14. The van der Waals surface area contributed by atoms with E-state index in [-0.39, 0.29) is 12.2 Å². The Balaban J connectivity index is 1.80. The fraction of sp³-hybridized carbons (Fsp3) is 0.471. The van der Waals surface area contributed by atoms with Crippen molar-refractivity contribution in [2.24, 2.45) is 5.92 Å². The standard InChI is InChI=1S/C17H21N3O4/c1-11-6-8-17(9-7-11,15(22)23)19-14(21)10-20-13-5-3-2-4-12(13)18-16(20)24/h2-5,11H,6-10H2,1H3,(H,18,24)(H,19,21)(H,22,23). The molecule has 1 amide bonds. The molecule has 128 valence electrons. The van der Waals surface area contributed by atoms with Gasteiger partial charge in [-0.1, -0.05) is 19.1 Å². The number of carbonyl (C=O) groups is 2. The van der Waals surface area contributed by atoms with Gasteiger partial charge in [0.25, 0.3) is 0 Å². The average molecular weight is 331 g/mol. The molecular weight excluding hydrogens is 310 g/mol. The predicted octanol–water partition coefficient (Wildman–Crippen LogP) is 1.48. The molecule has 2 aromatic rings. The van der Waals surface area contributed by atoms with Gasteiger partial charge in [0.15, 0.2) is 0 Å². The van der Waals surface area contributed by atoms with Gasteiger partial charge in [0, 0.05) is 0 Å². The maximum absolute atomic E-state index is 12.4. The van der Waals surface area contributed by atoms with E-state index in [4.69, 9.17) is 0 Å². The second-order valence-corrected chi connectivity index (χ2v) is 6.65. The molecule has 1 saturated carbocycles. The number of carboxylic acids is 1. The monoisotopic (exact) mass is 331 g/mol. The number of benzene rings is 1. The third kappa shape index (κ3) is 2.93. The number of aromatic nitrogens is 2. The summed E-state index contributed by atoms with van der Waals surface area (Å²) in [4.78, 5) is 38.8. The first kappa shape index (κ1) is 16.3. The van der Waals surface area contributed by atoms with E-state index in [9.17, 15) is 19.5 Å². The van der Waals surface area contributed by atoms with Crippen molar-refractivity contribution in [1.82, 2.24) is 14.9 Å². The number of aromatic amines is 1. The van der Waals surface area contributed by atoms with Gasteiger partial charge in [0.1, 0.15) is 12.1 Å². The highest BCUT2D eigenvalue weighted by atomic mass is 16.4. The first-order chi connectivity index (χ1) is 11.4. The minimum absolute atomic E-state index is 0.201. The van der Waals surface area contributed by atoms with E-state index in [2.05, 4.69) is 17.2 Å². The van der Waals surface area contributed by atoms with E-state index < -0.39 is 17.4 Å². The highest BCUT2D eigenvalue weighted by Gasteiger charge is 2.42. The van der Waals surface area contributed by atoms with E-state index in [1.165, 1.54) is 4.57 Å². The van der Waals surface area contributed by atoms with E-state index in [0.717, 1.165) is 12.8 Å². The molecule has 1 aromatic carbocycles. The van der Waals surface area contributed by atoms with Crippen molar-refractivity contribution in [2.45, 2.75) is 44.7 Å². The van der Waals surface area contributed by atoms with E-state index >= 15 is 0 Å². The summed E-state index contributed by atoms with van der Waals surface area (Å²) in [5.41, 5.74) is -0.332. The van der Waals surface area contributed by atoms with Gasteiger partial charge in [0.2, 0.25) is 5.91 Å². The Labute approximate surface area is 138 Å². The lowest BCUT2D eigenvalue weighted by molar-refractivity contribution is -0.149. The third-order valence-electron chi connectivity index (χ3n) is 4.90. The second-order valence-electron chi connectivity index (χ2n) is 6.65. The predicted molar refractivity (Wildman–Crippen MR) is 88.7 cm³/mol. The Morgan fingerprint density at radius 3 is 2.67 bits per heavy atom. The van der Waals surface area contributed by atoms with Crippen molar-refractivity contribution >= 4 is 22.9 Å². The largest absolute Gasteiger partial charge is 0.480 e. The highest BCUT2D eigenvalue weighted by Crippen LogP contribution is 2.32. The van der Waals surface area contributed by atoms with Crippen LogP contribution < -0.4 is 11.0 Å². The van der Waals surface area contributed by atoms with Crippen LogP contribution in [0.2, 0.25) is 0 Å². The van der Waals surface area contributed by atoms with Crippen LogP contribution in [0.15, 0.2) is 29.1 Å². The van der Waals surface area contributed by atoms with Crippen LogP contribution in [-0.4, -0.2) is 32.1 Å². The zero-order chi connectivity index (χ0) is 17.3. The van der Waals surface area contributed by atoms with Crippen LogP contribution >= 0.6 is 0 Å². The van der Waals surface area contributed by atoms with Gasteiger partial charge < -0.3 is 15.4 Å². The first-order valence-corrected chi connectivity index (χ1v) is 8.13. The number of nitrogens with zero attached hydrogens (tertiary/aromatic N) is 1. The maximum atomic E-state index is 12.4. The van der Waals surface area contributed by atoms with E-state index in [0.29, 0.717) is 29.8 Å². The number of H-pyrrole nitrogens is 1. The summed E-state index contributed by atoms with van der Waals surface area (Å²) in [6.07, 6.45) is 2.36. The Morgan fingerprint density at radius 1 is 1.33 bits per heavy atom. The van der Waals surface area contributed by atoms with Gasteiger partial charge in [-0.05, 0) is 43.7 Å². The van der Waals surface area contributed by atoms with Crippen LogP contribution in [0, 0.1) is 5.92 Å². The Morgan fingerprint density at radius 2 is 2.00 bits per heavy atom. The zero-order valence-corrected chi connectivity index (χ0v) is 13.5. The molecule has 0 atom stereocenters. The number of amides is 1. The number of nitrogens with one attached hydrogen (secondary N) is 2. The van der Waals surface area contributed by atoms with Gasteiger partial charge >= 0.3 is 11.7 Å². The summed E-state index contributed by atoms with van der Waals surface area (Å²) in [5, 5.41) is 12.3. The van der Waals surface area contributed by atoms with Crippen molar-refractivity contribution in [3.8, 4) is 0 Å². The normalized spacial score (nSPS) is 24.0.